The van der Waals surface area contributed by atoms with Crippen molar-refractivity contribution in [1.29, 1.82) is 0 Å². The van der Waals surface area contributed by atoms with Gasteiger partial charge in [-0.25, -0.2) is 4.79 Å². The molecule has 1 fully saturated rings. The molecule has 0 spiro atoms. The molecule has 2 heterocycles. The van der Waals surface area contributed by atoms with Crippen LogP contribution in [0.4, 0.5) is 0 Å². The smallest absolute Gasteiger partial charge is 0.330 e. The van der Waals surface area contributed by atoms with Crippen molar-refractivity contribution in [2.24, 2.45) is 0 Å². The van der Waals surface area contributed by atoms with Gasteiger partial charge in [0.2, 0.25) is 5.91 Å². The van der Waals surface area contributed by atoms with E-state index in [0.717, 1.165) is 5.75 Å². The average Bonchev–Trinajstić information content (AvgIpc) is 2.89. The summed E-state index contributed by atoms with van der Waals surface area (Å²) in [5, 5.41) is 15.7. The molecular formula is C10H13N3O3S. The van der Waals surface area contributed by atoms with Gasteiger partial charge in [0.15, 0.2) is 0 Å². The molecule has 1 saturated heterocycles. The molecule has 0 aliphatic carbocycles. The van der Waals surface area contributed by atoms with Crippen LogP contribution in [0.5, 0.6) is 0 Å². The Morgan fingerprint density at radius 2 is 2.41 bits per heavy atom. The lowest BCUT2D eigenvalue weighted by atomic mass is 9.99. The highest BCUT2D eigenvalue weighted by Gasteiger charge is 2.43. The Balaban J connectivity index is 1.99. The molecule has 1 atom stereocenters. The molecule has 1 unspecified atom stereocenters. The molecule has 7 heteroatoms. The molecule has 0 saturated carbocycles. The van der Waals surface area contributed by atoms with Gasteiger partial charge in [-0.3, -0.25) is 9.48 Å². The van der Waals surface area contributed by atoms with Crippen molar-refractivity contribution in [3.05, 3.63) is 18.5 Å². The van der Waals surface area contributed by atoms with Crippen LogP contribution in [0.1, 0.15) is 6.42 Å². The van der Waals surface area contributed by atoms with Crippen molar-refractivity contribution in [2.75, 3.05) is 11.5 Å². The van der Waals surface area contributed by atoms with Gasteiger partial charge in [-0.2, -0.15) is 16.9 Å². The largest absolute Gasteiger partial charge is 0.479 e. The van der Waals surface area contributed by atoms with Crippen LogP contribution < -0.4 is 5.32 Å². The second kappa shape index (κ2) is 4.79. The minimum atomic E-state index is -1.10. The highest BCUT2D eigenvalue weighted by atomic mass is 32.2. The number of rotatable bonds is 4. The van der Waals surface area contributed by atoms with Crippen molar-refractivity contribution < 1.29 is 14.7 Å². The molecule has 1 amide bonds. The number of nitrogens with zero attached hydrogens (tertiary/aromatic N) is 2. The minimum Gasteiger partial charge on any atom is -0.479 e. The highest BCUT2D eigenvalue weighted by molar-refractivity contribution is 7.99. The second-order valence-corrected chi connectivity index (χ2v) is 5.05. The number of carboxylic acids is 1. The summed E-state index contributed by atoms with van der Waals surface area (Å²) in [6.07, 6.45) is 3.71. The van der Waals surface area contributed by atoms with Crippen LogP contribution in [0.3, 0.4) is 0 Å². The summed E-state index contributed by atoms with van der Waals surface area (Å²) in [7, 11) is 0. The fourth-order valence-corrected chi connectivity index (χ4v) is 3.06. The number of hydrogen-bond donors (Lipinski definition) is 2. The van der Waals surface area contributed by atoms with E-state index in [4.69, 9.17) is 0 Å². The monoisotopic (exact) mass is 255 g/mol. The summed E-state index contributed by atoms with van der Waals surface area (Å²) in [6, 6.07) is 1.71. The first-order valence-electron chi connectivity index (χ1n) is 5.22. The van der Waals surface area contributed by atoms with Crippen LogP contribution in [-0.4, -0.2) is 43.8 Å². The number of thioether (sulfide) groups is 1. The summed E-state index contributed by atoms with van der Waals surface area (Å²) >= 11 is 1.54. The average molecular weight is 255 g/mol. The summed E-state index contributed by atoms with van der Waals surface area (Å²) in [4.78, 5) is 22.9. The Morgan fingerprint density at radius 3 is 2.94 bits per heavy atom. The van der Waals surface area contributed by atoms with E-state index in [1.54, 1.807) is 30.2 Å². The lowest BCUT2D eigenvalue weighted by molar-refractivity contribution is -0.146. The number of aromatic nitrogens is 2. The maximum atomic E-state index is 11.7. The molecule has 1 aliphatic heterocycles. The van der Waals surface area contributed by atoms with E-state index >= 15 is 0 Å². The van der Waals surface area contributed by atoms with Crippen LogP contribution in [0.25, 0.3) is 0 Å². The standard InChI is InChI=1S/C10H13N3O3S/c14-8(6-13-4-1-3-11-13)12-10(9(15)16)2-5-17-7-10/h1,3-4H,2,5-7H2,(H,12,14)(H,15,16). The molecule has 0 radical (unpaired) electrons. The lowest BCUT2D eigenvalue weighted by Gasteiger charge is -2.24. The Labute approximate surface area is 102 Å². The highest BCUT2D eigenvalue weighted by Crippen LogP contribution is 2.28. The van der Waals surface area contributed by atoms with Crippen LogP contribution in [0, 0.1) is 0 Å². The first kappa shape index (κ1) is 12.0. The van der Waals surface area contributed by atoms with E-state index in [9.17, 15) is 14.7 Å². The fraction of sp³-hybridized carbons (Fsp3) is 0.500. The number of hydrogen-bond acceptors (Lipinski definition) is 4. The van der Waals surface area contributed by atoms with E-state index in [2.05, 4.69) is 10.4 Å². The predicted molar refractivity (Wildman–Crippen MR) is 62.7 cm³/mol. The van der Waals surface area contributed by atoms with Crippen molar-refractivity contribution >= 4 is 23.6 Å². The quantitative estimate of drug-likeness (QED) is 0.788. The van der Waals surface area contributed by atoms with E-state index in [-0.39, 0.29) is 12.5 Å². The number of amides is 1. The van der Waals surface area contributed by atoms with Gasteiger partial charge >= 0.3 is 5.97 Å². The van der Waals surface area contributed by atoms with Gasteiger partial charge in [0.05, 0.1) is 0 Å². The van der Waals surface area contributed by atoms with Crippen LogP contribution in [0.2, 0.25) is 0 Å². The van der Waals surface area contributed by atoms with Crippen molar-refractivity contribution in [1.82, 2.24) is 15.1 Å². The van der Waals surface area contributed by atoms with Crippen molar-refractivity contribution in [3.63, 3.8) is 0 Å². The molecule has 1 aromatic heterocycles. The number of aliphatic carboxylic acids is 1. The molecule has 2 rings (SSSR count). The molecule has 2 N–H and O–H groups in total. The lowest BCUT2D eigenvalue weighted by Crippen LogP contribution is -2.55. The molecule has 0 bridgehead atoms. The third-order valence-corrected chi connectivity index (χ3v) is 3.86. The molecule has 0 aromatic carbocycles. The van der Waals surface area contributed by atoms with Gasteiger partial charge in [0.1, 0.15) is 12.1 Å². The minimum absolute atomic E-state index is 0.0483. The third-order valence-electron chi connectivity index (χ3n) is 2.67. The molecule has 1 aliphatic rings. The normalized spacial score (nSPS) is 23.5. The number of nitrogens with one attached hydrogen (secondary N) is 1. The maximum Gasteiger partial charge on any atom is 0.330 e. The second-order valence-electron chi connectivity index (χ2n) is 3.94. The number of carbonyl (C=O) groups excluding carboxylic acids is 1. The Kier molecular flexibility index (Phi) is 3.37. The zero-order chi connectivity index (χ0) is 12.3. The van der Waals surface area contributed by atoms with Crippen LogP contribution in [0.15, 0.2) is 18.5 Å². The van der Waals surface area contributed by atoms with E-state index in [1.165, 1.54) is 4.68 Å². The number of carbonyl (C=O) groups is 2. The maximum absolute atomic E-state index is 11.7. The SMILES string of the molecule is O=C(Cn1cccn1)NC1(C(=O)O)CCSC1. The van der Waals surface area contributed by atoms with Crippen LogP contribution >= 0.6 is 11.8 Å². The topological polar surface area (TPSA) is 84.2 Å². The van der Waals surface area contributed by atoms with E-state index in [0.29, 0.717) is 12.2 Å². The van der Waals surface area contributed by atoms with Gasteiger partial charge in [-0.15, -0.1) is 0 Å². The first-order valence-corrected chi connectivity index (χ1v) is 6.37. The van der Waals surface area contributed by atoms with Gasteiger partial charge < -0.3 is 10.4 Å². The van der Waals surface area contributed by atoms with Crippen LogP contribution in [-0.2, 0) is 16.1 Å². The summed E-state index contributed by atoms with van der Waals surface area (Å²) in [6.45, 7) is 0.0483. The van der Waals surface area contributed by atoms with Gasteiger partial charge in [-0.1, -0.05) is 0 Å². The van der Waals surface area contributed by atoms with Crippen molar-refractivity contribution in [3.8, 4) is 0 Å². The molecule has 17 heavy (non-hydrogen) atoms. The van der Waals surface area contributed by atoms with Crippen molar-refractivity contribution in [2.45, 2.75) is 18.5 Å². The van der Waals surface area contributed by atoms with Gasteiger partial charge in [0.25, 0.3) is 0 Å². The first-order chi connectivity index (χ1) is 8.12. The number of carboxylic acid groups (broad SMARTS) is 1. The molecule has 92 valence electrons. The van der Waals surface area contributed by atoms with E-state index < -0.39 is 11.5 Å². The third kappa shape index (κ3) is 2.60. The Morgan fingerprint density at radius 1 is 1.59 bits per heavy atom. The predicted octanol–water partition coefficient (Wildman–Crippen LogP) is -0.0404. The summed E-state index contributed by atoms with van der Waals surface area (Å²) < 4.78 is 1.47. The Hall–Kier alpha value is -1.50. The van der Waals surface area contributed by atoms with E-state index in [1.807, 2.05) is 0 Å². The molecule has 6 nitrogen and oxygen atoms in total. The fourth-order valence-electron chi connectivity index (χ4n) is 1.73. The summed E-state index contributed by atoms with van der Waals surface area (Å²) in [5.74, 6) is -0.100. The van der Waals surface area contributed by atoms with Gasteiger partial charge in [0, 0.05) is 18.1 Å². The Bertz CT molecular complexity index is 412. The zero-order valence-corrected chi connectivity index (χ0v) is 9.94. The molecular weight excluding hydrogens is 242 g/mol. The van der Waals surface area contributed by atoms with Gasteiger partial charge in [-0.05, 0) is 18.2 Å². The zero-order valence-electron chi connectivity index (χ0n) is 9.13. The molecule has 1 aromatic rings. The summed E-state index contributed by atoms with van der Waals surface area (Å²) in [5.41, 5.74) is -1.10.